The maximum Gasteiger partial charge on any atom is 0.246 e. The van der Waals surface area contributed by atoms with Gasteiger partial charge in [-0.2, -0.15) is 15.0 Å². The number of amides is 1. The lowest BCUT2D eigenvalue weighted by Gasteiger charge is -2.20. The lowest BCUT2D eigenvalue weighted by atomic mass is 10.2. The van der Waals surface area contributed by atoms with Crippen molar-refractivity contribution in [2.45, 2.75) is 32.4 Å². The van der Waals surface area contributed by atoms with Crippen LogP contribution in [0.4, 0.5) is 0 Å². The Balaban J connectivity index is 1.95. The van der Waals surface area contributed by atoms with Gasteiger partial charge in [-0.15, -0.1) is 0 Å². The van der Waals surface area contributed by atoms with Crippen LogP contribution >= 0.6 is 0 Å². The van der Waals surface area contributed by atoms with Gasteiger partial charge in [-0.3, -0.25) is 4.79 Å². The molecule has 1 aliphatic heterocycles. The van der Waals surface area contributed by atoms with Gasteiger partial charge in [-0.25, -0.2) is 0 Å². The standard InChI is InChI=1S/C9H14N4O/c1-8-3-2-6-12(8)9(14)7-13-10-4-5-11-13/h4-5,8H,2-3,6-7H2,1H3. The fourth-order valence-electron chi connectivity index (χ4n) is 1.84. The summed E-state index contributed by atoms with van der Waals surface area (Å²) < 4.78 is 0. The maximum absolute atomic E-state index is 11.7. The summed E-state index contributed by atoms with van der Waals surface area (Å²) in [6, 6.07) is 0.373. The van der Waals surface area contributed by atoms with E-state index < -0.39 is 0 Å². The number of carbonyl (C=O) groups excluding carboxylic acids is 1. The van der Waals surface area contributed by atoms with Crippen LogP contribution in [0.15, 0.2) is 12.4 Å². The molecule has 14 heavy (non-hydrogen) atoms. The van der Waals surface area contributed by atoms with Crippen LogP contribution in [0, 0.1) is 0 Å². The van der Waals surface area contributed by atoms with Crippen LogP contribution in [0.3, 0.4) is 0 Å². The van der Waals surface area contributed by atoms with Crippen LogP contribution in [-0.2, 0) is 11.3 Å². The number of aromatic nitrogens is 3. The van der Waals surface area contributed by atoms with E-state index in [0.717, 1.165) is 19.4 Å². The summed E-state index contributed by atoms with van der Waals surface area (Å²) >= 11 is 0. The fraction of sp³-hybridized carbons (Fsp3) is 0.667. The number of nitrogens with zero attached hydrogens (tertiary/aromatic N) is 4. The van der Waals surface area contributed by atoms with Gasteiger partial charge in [0.1, 0.15) is 6.54 Å². The molecule has 1 unspecified atom stereocenters. The minimum Gasteiger partial charge on any atom is -0.338 e. The molecule has 76 valence electrons. The van der Waals surface area contributed by atoms with Crippen molar-refractivity contribution < 1.29 is 4.79 Å². The number of rotatable bonds is 2. The van der Waals surface area contributed by atoms with Crippen molar-refractivity contribution in [2.75, 3.05) is 6.54 Å². The molecule has 1 fully saturated rings. The summed E-state index contributed by atoms with van der Waals surface area (Å²) in [7, 11) is 0. The smallest absolute Gasteiger partial charge is 0.246 e. The topological polar surface area (TPSA) is 51.0 Å². The average Bonchev–Trinajstić information content (AvgIpc) is 2.75. The van der Waals surface area contributed by atoms with Crippen molar-refractivity contribution in [3.05, 3.63) is 12.4 Å². The highest BCUT2D eigenvalue weighted by molar-refractivity contribution is 5.76. The zero-order valence-electron chi connectivity index (χ0n) is 8.26. The quantitative estimate of drug-likeness (QED) is 0.680. The number of hydrogen-bond acceptors (Lipinski definition) is 3. The van der Waals surface area contributed by atoms with Crippen molar-refractivity contribution in [3.63, 3.8) is 0 Å². The van der Waals surface area contributed by atoms with Crippen molar-refractivity contribution >= 4 is 5.91 Å². The highest BCUT2D eigenvalue weighted by Crippen LogP contribution is 2.16. The van der Waals surface area contributed by atoms with Gasteiger partial charge in [0, 0.05) is 12.6 Å². The Bertz CT molecular complexity index is 309. The Morgan fingerprint density at radius 3 is 2.79 bits per heavy atom. The number of likely N-dealkylation sites (tertiary alicyclic amines) is 1. The Morgan fingerprint density at radius 2 is 2.21 bits per heavy atom. The van der Waals surface area contributed by atoms with Crippen LogP contribution in [0.25, 0.3) is 0 Å². The van der Waals surface area contributed by atoms with E-state index in [1.807, 2.05) is 4.90 Å². The van der Waals surface area contributed by atoms with Crippen LogP contribution in [0.2, 0.25) is 0 Å². The first-order chi connectivity index (χ1) is 6.77. The normalized spacial score (nSPS) is 21.5. The minimum absolute atomic E-state index is 0.117. The molecule has 1 amide bonds. The minimum atomic E-state index is 0.117. The molecule has 5 heteroatoms. The Hall–Kier alpha value is -1.39. The van der Waals surface area contributed by atoms with Gasteiger partial charge >= 0.3 is 0 Å². The summed E-state index contributed by atoms with van der Waals surface area (Å²) in [4.78, 5) is 15.1. The Morgan fingerprint density at radius 1 is 1.50 bits per heavy atom. The molecule has 0 N–H and O–H groups in total. The van der Waals surface area contributed by atoms with Crippen LogP contribution in [0.5, 0.6) is 0 Å². The molecule has 0 spiro atoms. The van der Waals surface area contributed by atoms with Crippen LogP contribution < -0.4 is 0 Å². The van der Waals surface area contributed by atoms with E-state index in [1.165, 1.54) is 4.80 Å². The first-order valence-electron chi connectivity index (χ1n) is 4.91. The van der Waals surface area contributed by atoms with Gasteiger partial charge in [-0.1, -0.05) is 0 Å². The summed E-state index contributed by atoms with van der Waals surface area (Å²) in [5.74, 6) is 0.117. The second kappa shape index (κ2) is 3.77. The Labute approximate surface area is 82.7 Å². The molecule has 1 saturated heterocycles. The van der Waals surface area contributed by atoms with E-state index in [4.69, 9.17) is 0 Å². The van der Waals surface area contributed by atoms with Crippen molar-refractivity contribution in [1.82, 2.24) is 19.9 Å². The summed E-state index contributed by atoms with van der Waals surface area (Å²) in [5, 5.41) is 7.82. The lowest BCUT2D eigenvalue weighted by molar-refractivity contribution is -0.132. The van der Waals surface area contributed by atoms with E-state index in [0.29, 0.717) is 6.04 Å². The zero-order valence-corrected chi connectivity index (χ0v) is 8.26. The van der Waals surface area contributed by atoms with Crippen LogP contribution in [-0.4, -0.2) is 38.4 Å². The highest BCUT2D eigenvalue weighted by atomic mass is 16.2. The predicted molar refractivity (Wildman–Crippen MR) is 50.4 cm³/mol. The van der Waals surface area contributed by atoms with Gasteiger partial charge in [-0.05, 0) is 19.8 Å². The van der Waals surface area contributed by atoms with Gasteiger partial charge in [0.05, 0.1) is 12.4 Å². The number of hydrogen-bond donors (Lipinski definition) is 0. The highest BCUT2D eigenvalue weighted by Gasteiger charge is 2.25. The maximum atomic E-state index is 11.7. The van der Waals surface area contributed by atoms with E-state index >= 15 is 0 Å². The molecule has 1 atom stereocenters. The fourth-order valence-corrected chi connectivity index (χ4v) is 1.84. The van der Waals surface area contributed by atoms with E-state index in [2.05, 4.69) is 17.1 Å². The largest absolute Gasteiger partial charge is 0.338 e. The molecule has 2 heterocycles. The van der Waals surface area contributed by atoms with Gasteiger partial charge in [0.2, 0.25) is 5.91 Å². The van der Waals surface area contributed by atoms with Crippen molar-refractivity contribution in [2.24, 2.45) is 0 Å². The third kappa shape index (κ3) is 1.76. The zero-order chi connectivity index (χ0) is 9.97. The summed E-state index contributed by atoms with van der Waals surface area (Å²) in [6.07, 6.45) is 5.39. The van der Waals surface area contributed by atoms with Gasteiger partial charge in [0.25, 0.3) is 0 Å². The molecular weight excluding hydrogens is 180 g/mol. The lowest BCUT2D eigenvalue weighted by Crippen LogP contribution is -2.36. The van der Waals surface area contributed by atoms with E-state index in [-0.39, 0.29) is 12.5 Å². The molecule has 0 saturated carbocycles. The molecule has 0 aromatic carbocycles. The molecule has 0 aliphatic carbocycles. The number of carbonyl (C=O) groups is 1. The molecule has 2 rings (SSSR count). The molecule has 1 aromatic rings. The van der Waals surface area contributed by atoms with Gasteiger partial charge < -0.3 is 4.90 Å². The molecule has 1 aliphatic rings. The monoisotopic (exact) mass is 194 g/mol. The summed E-state index contributed by atoms with van der Waals surface area (Å²) in [6.45, 7) is 3.22. The van der Waals surface area contributed by atoms with Gasteiger partial charge in [0.15, 0.2) is 0 Å². The molecule has 1 aromatic heterocycles. The summed E-state index contributed by atoms with van der Waals surface area (Å²) in [5.41, 5.74) is 0. The third-order valence-corrected chi connectivity index (χ3v) is 2.62. The predicted octanol–water partition coefficient (Wildman–Crippen LogP) is 0.289. The second-order valence-corrected chi connectivity index (χ2v) is 3.64. The van der Waals surface area contributed by atoms with E-state index in [9.17, 15) is 4.79 Å². The van der Waals surface area contributed by atoms with Crippen molar-refractivity contribution in [1.29, 1.82) is 0 Å². The Kier molecular flexibility index (Phi) is 2.47. The van der Waals surface area contributed by atoms with Crippen molar-refractivity contribution in [3.8, 4) is 0 Å². The second-order valence-electron chi connectivity index (χ2n) is 3.64. The third-order valence-electron chi connectivity index (χ3n) is 2.62. The molecule has 0 radical (unpaired) electrons. The SMILES string of the molecule is CC1CCCN1C(=O)Cn1nccn1. The average molecular weight is 194 g/mol. The molecule has 5 nitrogen and oxygen atoms in total. The molecule has 0 bridgehead atoms. The molecular formula is C9H14N4O. The van der Waals surface area contributed by atoms with E-state index in [1.54, 1.807) is 12.4 Å². The first-order valence-corrected chi connectivity index (χ1v) is 4.91. The van der Waals surface area contributed by atoms with Crippen LogP contribution in [0.1, 0.15) is 19.8 Å². The first kappa shape index (κ1) is 9.18.